The van der Waals surface area contributed by atoms with Crippen LogP contribution in [0.4, 0.5) is 0 Å². The van der Waals surface area contributed by atoms with Crippen LogP contribution in [0.15, 0.2) is 61.2 Å². The van der Waals surface area contributed by atoms with Crippen LogP contribution in [-0.2, 0) is 17.8 Å². The van der Waals surface area contributed by atoms with Crippen molar-refractivity contribution in [3.63, 3.8) is 0 Å². The Bertz CT molecular complexity index is 1230. The molecule has 8 nitrogen and oxygen atoms in total. The van der Waals surface area contributed by atoms with E-state index in [9.17, 15) is 0 Å². The molecule has 2 aromatic carbocycles. The lowest BCUT2D eigenvalue weighted by atomic mass is 10.1. The number of imidazole rings is 1. The predicted octanol–water partition coefficient (Wildman–Crippen LogP) is 4.57. The number of nitrogens with zero attached hydrogens (tertiary/aromatic N) is 4. The first-order valence-electron chi connectivity index (χ1n) is 9.88. The number of halogens is 1. The highest BCUT2D eigenvalue weighted by molar-refractivity contribution is 6.30. The quantitative estimate of drug-likeness (QED) is 0.381. The van der Waals surface area contributed by atoms with Gasteiger partial charge in [-0.25, -0.2) is 9.97 Å². The largest absolute Gasteiger partial charge is 0.454 e. The van der Waals surface area contributed by atoms with Crippen molar-refractivity contribution in [1.82, 2.24) is 19.5 Å². The summed E-state index contributed by atoms with van der Waals surface area (Å²) in [5.41, 5.74) is 2.53. The van der Waals surface area contributed by atoms with Crippen molar-refractivity contribution in [3.8, 4) is 28.8 Å². The van der Waals surface area contributed by atoms with Crippen LogP contribution < -0.4 is 14.2 Å². The van der Waals surface area contributed by atoms with E-state index in [-0.39, 0.29) is 13.4 Å². The molecule has 0 radical (unpaired) electrons. The van der Waals surface area contributed by atoms with Gasteiger partial charge in [0.05, 0.1) is 18.5 Å². The number of fused-ring (bicyclic) bond motifs is 1. The molecule has 0 fully saturated rings. The third kappa shape index (κ3) is 4.23. The van der Waals surface area contributed by atoms with Crippen molar-refractivity contribution in [3.05, 3.63) is 83.3 Å². The minimum atomic E-state index is 0.227. The Labute approximate surface area is 189 Å². The van der Waals surface area contributed by atoms with Gasteiger partial charge >= 0.3 is 0 Å². The summed E-state index contributed by atoms with van der Waals surface area (Å²) in [6, 6.07) is 13.3. The van der Waals surface area contributed by atoms with Crippen LogP contribution in [0.2, 0.25) is 5.15 Å². The van der Waals surface area contributed by atoms with Crippen LogP contribution in [0.1, 0.15) is 17.0 Å². The average Bonchev–Trinajstić information content (AvgIpc) is 3.49. The fraction of sp³-hybridized carbons (Fsp3) is 0.174. The van der Waals surface area contributed by atoms with Crippen molar-refractivity contribution >= 4 is 11.6 Å². The van der Waals surface area contributed by atoms with Gasteiger partial charge in [0.2, 0.25) is 12.7 Å². The normalized spacial score (nSPS) is 12.2. The van der Waals surface area contributed by atoms with Gasteiger partial charge < -0.3 is 23.5 Å². The molecular weight excluding hydrogens is 432 g/mol. The van der Waals surface area contributed by atoms with E-state index in [0.29, 0.717) is 40.3 Å². The molecule has 0 N–H and O–H groups in total. The summed E-state index contributed by atoms with van der Waals surface area (Å²) in [6.07, 6.45) is 5.80. The highest BCUT2D eigenvalue weighted by Gasteiger charge is 2.18. The Hall–Kier alpha value is -3.62. The zero-order valence-electron chi connectivity index (χ0n) is 17.2. The minimum Gasteiger partial charge on any atom is -0.454 e. The molecule has 5 rings (SSSR count). The highest BCUT2D eigenvalue weighted by atomic mass is 35.5. The molecule has 2 aromatic heterocycles. The minimum absolute atomic E-state index is 0.227. The summed E-state index contributed by atoms with van der Waals surface area (Å²) >= 11 is 6.47. The summed E-state index contributed by atoms with van der Waals surface area (Å²) in [5.74, 6) is 2.94. The third-order valence-electron chi connectivity index (χ3n) is 4.91. The van der Waals surface area contributed by atoms with E-state index in [0.717, 1.165) is 17.0 Å². The molecule has 9 heteroatoms. The maximum Gasteiger partial charge on any atom is 0.231 e. The van der Waals surface area contributed by atoms with E-state index in [2.05, 4.69) is 15.0 Å². The summed E-state index contributed by atoms with van der Waals surface area (Å²) in [4.78, 5) is 13.1. The molecule has 1 aliphatic heterocycles. The van der Waals surface area contributed by atoms with Gasteiger partial charge in [0.15, 0.2) is 11.5 Å². The monoisotopic (exact) mass is 450 g/mol. The van der Waals surface area contributed by atoms with Gasteiger partial charge in [0, 0.05) is 31.6 Å². The summed E-state index contributed by atoms with van der Waals surface area (Å²) in [5, 5.41) is 0.294. The molecule has 3 heterocycles. The predicted molar refractivity (Wildman–Crippen MR) is 117 cm³/mol. The molecule has 0 spiro atoms. The lowest BCUT2D eigenvalue weighted by Crippen LogP contribution is -2.05. The Balaban J connectivity index is 1.42. The summed E-state index contributed by atoms with van der Waals surface area (Å²) < 4.78 is 24.1. The average molecular weight is 451 g/mol. The molecule has 162 valence electrons. The first kappa shape index (κ1) is 20.3. The van der Waals surface area contributed by atoms with E-state index in [4.69, 9.17) is 30.5 Å². The maximum atomic E-state index is 6.47. The van der Waals surface area contributed by atoms with Crippen LogP contribution in [0.3, 0.4) is 0 Å². The van der Waals surface area contributed by atoms with E-state index in [1.165, 1.54) is 0 Å². The zero-order valence-corrected chi connectivity index (χ0v) is 18.0. The van der Waals surface area contributed by atoms with Gasteiger partial charge in [0.1, 0.15) is 16.7 Å². The first-order valence-corrected chi connectivity index (χ1v) is 10.3. The van der Waals surface area contributed by atoms with Crippen LogP contribution >= 0.6 is 11.6 Å². The number of hydrogen-bond donors (Lipinski definition) is 0. The molecule has 0 atom stereocenters. The Kier molecular flexibility index (Phi) is 5.62. The van der Waals surface area contributed by atoms with Crippen molar-refractivity contribution in [2.45, 2.75) is 13.0 Å². The molecule has 0 amide bonds. The van der Waals surface area contributed by atoms with Crippen LogP contribution in [0, 0.1) is 0 Å². The fourth-order valence-electron chi connectivity index (χ4n) is 3.35. The molecule has 0 bridgehead atoms. The van der Waals surface area contributed by atoms with Crippen LogP contribution in [0.5, 0.6) is 23.1 Å². The zero-order chi connectivity index (χ0) is 21.9. The van der Waals surface area contributed by atoms with Gasteiger partial charge in [0.25, 0.3) is 0 Å². The van der Waals surface area contributed by atoms with Crippen molar-refractivity contribution in [2.24, 2.45) is 0 Å². The number of ether oxygens (including phenoxy) is 4. The Morgan fingerprint density at radius 1 is 1.06 bits per heavy atom. The number of benzene rings is 2. The van der Waals surface area contributed by atoms with Crippen LogP contribution in [0.25, 0.3) is 5.69 Å². The number of aromatic nitrogens is 4. The molecule has 0 aliphatic carbocycles. The van der Waals surface area contributed by atoms with Crippen molar-refractivity contribution < 1.29 is 18.9 Å². The Morgan fingerprint density at radius 2 is 1.91 bits per heavy atom. The molecule has 0 unspecified atom stereocenters. The van der Waals surface area contributed by atoms with Crippen LogP contribution in [-0.4, -0.2) is 33.4 Å². The number of rotatable bonds is 7. The molecule has 4 aromatic rings. The van der Waals surface area contributed by atoms with Crippen molar-refractivity contribution in [2.75, 3.05) is 13.9 Å². The Morgan fingerprint density at radius 3 is 2.69 bits per heavy atom. The smallest absolute Gasteiger partial charge is 0.231 e. The molecule has 32 heavy (non-hydrogen) atoms. The van der Waals surface area contributed by atoms with Gasteiger partial charge in [-0.05, 0) is 42.0 Å². The second-order valence-corrected chi connectivity index (χ2v) is 7.44. The number of methoxy groups -OCH3 is 1. The molecule has 1 aliphatic rings. The lowest BCUT2D eigenvalue weighted by molar-refractivity contribution is 0.174. The fourth-order valence-corrected chi connectivity index (χ4v) is 3.58. The van der Waals surface area contributed by atoms with E-state index < -0.39 is 0 Å². The van der Waals surface area contributed by atoms with Gasteiger partial charge in [-0.3, -0.25) is 0 Å². The number of hydrogen-bond acceptors (Lipinski definition) is 7. The lowest BCUT2D eigenvalue weighted by Gasteiger charge is -2.13. The van der Waals surface area contributed by atoms with Crippen molar-refractivity contribution in [1.29, 1.82) is 0 Å². The highest BCUT2D eigenvalue weighted by Crippen LogP contribution is 2.34. The second kappa shape index (κ2) is 8.86. The standard InChI is InChI=1S/C23H19ClN4O4/c1-29-12-18-22(24)26-21(11-15-2-7-19-20(10-15)31-14-30-19)27-23(18)32-17-5-3-16(4-6-17)28-9-8-25-13-28/h2-10,13H,11-12,14H2,1H3. The van der Waals surface area contributed by atoms with E-state index in [1.807, 2.05) is 53.2 Å². The second-order valence-electron chi connectivity index (χ2n) is 7.08. The SMILES string of the molecule is COCc1c(Cl)nc(Cc2ccc3c(c2)OCO3)nc1Oc1ccc(-n2ccnc2)cc1. The maximum absolute atomic E-state index is 6.47. The van der Waals surface area contributed by atoms with E-state index >= 15 is 0 Å². The topological polar surface area (TPSA) is 80.5 Å². The van der Waals surface area contributed by atoms with Gasteiger partial charge in [-0.1, -0.05) is 17.7 Å². The summed E-state index contributed by atoms with van der Waals surface area (Å²) in [7, 11) is 1.58. The van der Waals surface area contributed by atoms with E-state index in [1.54, 1.807) is 19.6 Å². The van der Waals surface area contributed by atoms with Gasteiger partial charge in [-0.2, -0.15) is 4.98 Å². The molecule has 0 saturated heterocycles. The third-order valence-corrected chi connectivity index (χ3v) is 5.22. The molecular formula is C23H19ClN4O4. The first-order chi connectivity index (χ1) is 15.7. The van der Waals surface area contributed by atoms with Gasteiger partial charge in [-0.15, -0.1) is 0 Å². The molecule has 0 saturated carbocycles. The summed E-state index contributed by atoms with van der Waals surface area (Å²) in [6.45, 7) is 0.454.